The van der Waals surface area contributed by atoms with Gasteiger partial charge in [-0.2, -0.15) is 0 Å². The fourth-order valence-corrected chi connectivity index (χ4v) is 3.13. The number of halogens is 1. The maximum atomic E-state index is 4.84. The van der Waals surface area contributed by atoms with E-state index in [1.54, 1.807) is 11.8 Å². The lowest BCUT2D eigenvalue weighted by molar-refractivity contribution is 1.26. The molecule has 0 unspecified atom stereocenters. The molecule has 0 spiro atoms. The SMILES string of the molecule is CSc1cc(-c2ccccc2)nc(-c2ccccc2Br)c1. The average Bonchev–Trinajstić information content (AvgIpc) is 2.55. The van der Waals surface area contributed by atoms with Crippen molar-refractivity contribution in [2.75, 3.05) is 6.26 Å². The van der Waals surface area contributed by atoms with E-state index in [1.165, 1.54) is 4.90 Å². The number of nitrogens with zero attached hydrogens (tertiary/aromatic N) is 1. The van der Waals surface area contributed by atoms with E-state index in [4.69, 9.17) is 4.98 Å². The number of rotatable bonds is 3. The molecule has 3 rings (SSSR count). The molecule has 0 aliphatic carbocycles. The molecule has 21 heavy (non-hydrogen) atoms. The molecule has 0 saturated carbocycles. The second kappa shape index (κ2) is 6.46. The van der Waals surface area contributed by atoms with Crippen molar-refractivity contribution in [3.8, 4) is 22.5 Å². The third kappa shape index (κ3) is 3.20. The molecule has 1 heterocycles. The summed E-state index contributed by atoms with van der Waals surface area (Å²) in [6.45, 7) is 0. The molecule has 104 valence electrons. The van der Waals surface area contributed by atoms with Crippen LogP contribution in [0.2, 0.25) is 0 Å². The van der Waals surface area contributed by atoms with Crippen LogP contribution in [0.15, 0.2) is 76.1 Å². The van der Waals surface area contributed by atoms with Gasteiger partial charge in [-0.3, -0.25) is 0 Å². The monoisotopic (exact) mass is 355 g/mol. The summed E-state index contributed by atoms with van der Waals surface area (Å²) < 4.78 is 1.06. The van der Waals surface area contributed by atoms with Crippen molar-refractivity contribution >= 4 is 27.7 Å². The number of thioether (sulfide) groups is 1. The Morgan fingerprint density at radius 1 is 0.857 bits per heavy atom. The molecule has 0 bridgehead atoms. The summed E-state index contributed by atoms with van der Waals surface area (Å²) in [5.74, 6) is 0. The van der Waals surface area contributed by atoms with Crippen molar-refractivity contribution in [2.45, 2.75) is 4.90 Å². The Kier molecular flexibility index (Phi) is 4.42. The van der Waals surface area contributed by atoms with E-state index in [0.717, 1.165) is 27.0 Å². The summed E-state index contributed by atoms with van der Waals surface area (Å²) in [7, 11) is 0. The highest BCUT2D eigenvalue weighted by Gasteiger charge is 2.08. The molecule has 0 saturated heterocycles. The van der Waals surface area contributed by atoms with Crippen molar-refractivity contribution in [1.82, 2.24) is 4.98 Å². The first-order chi connectivity index (χ1) is 10.3. The van der Waals surface area contributed by atoms with E-state index >= 15 is 0 Å². The number of hydrogen-bond acceptors (Lipinski definition) is 2. The van der Waals surface area contributed by atoms with Gasteiger partial charge in [0, 0.05) is 20.5 Å². The number of benzene rings is 2. The Morgan fingerprint density at radius 2 is 1.52 bits per heavy atom. The number of pyridine rings is 1. The summed E-state index contributed by atoms with van der Waals surface area (Å²) in [4.78, 5) is 6.06. The largest absolute Gasteiger partial charge is 0.248 e. The first-order valence-electron chi connectivity index (χ1n) is 6.64. The smallest absolute Gasteiger partial charge is 0.0732 e. The summed E-state index contributed by atoms with van der Waals surface area (Å²) in [6.07, 6.45) is 2.09. The van der Waals surface area contributed by atoms with Crippen LogP contribution in [0.3, 0.4) is 0 Å². The Labute approximate surface area is 137 Å². The number of aromatic nitrogens is 1. The highest BCUT2D eigenvalue weighted by Crippen LogP contribution is 2.32. The van der Waals surface area contributed by atoms with E-state index in [0.29, 0.717) is 0 Å². The normalized spacial score (nSPS) is 10.6. The van der Waals surface area contributed by atoms with Gasteiger partial charge in [0.25, 0.3) is 0 Å². The lowest BCUT2D eigenvalue weighted by atomic mass is 10.1. The molecule has 3 aromatic rings. The first-order valence-corrected chi connectivity index (χ1v) is 8.66. The zero-order chi connectivity index (χ0) is 14.7. The molecule has 1 aromatic heterocycles. The molecule has 3 heteroatoms. The van der Waals surface area contributed by atoms with Crippen LogP contribution in [-0.4, -0.2) is 11.2 Å². The van der Waals surface area contributed by atoms with Crippen molar-refractivity contribution in [3.63, 3.8) is 0 Å². The summed E-state index contributed by atoms with van der Waals surface area (Å²) in [6, 6.07) is 22.8. The molecule has 1 nitrogen and oxygen atoms in total. The third-order valence-electron chi connectivity index (χ3n) is 3.25. The average molecular weight is 356 g/mol. The van der Waals surface area contributed by atoms with Gasteiger partial charge in [-0.25, -0.2) is 4.98 Å². The lowest BCUT2D eigenvalue weighted by Gasteiger charge is -2.09. The molecule has 0 radical (unpaired) electrons. The van der Waals surface area contributed by atoms with Gasteiger partial charge >= 0.3 is 0 Å². The van der Waals surface area contributed by atoms with Crippen LogP contribution in [0.4, 0.5) is 0 Å². The van der Waals surface area contributed by atoms with E-state index < -0.39 is 0 Å². The van der Waals surface area contributed by atoms with Gasteiger partial charge in [-0.15, -0.1) is 11.8 Å². The molecular formula is C18H14BrNS. The van der Waals surface area contributed by atoms with Gasteiger partial charge in [-0.05, 0) is 24.5 Å². The van der Waals surface area contributed by atoms with Crippen LogP contribution in [0.5, 0.6) is 0 Å². The van der Waals surface area contributed by atoms with Crippen LogP contribution in [-0.2, 0) is 0 Å². The molecule has 0 atom stereocenters. The Morgan fingerprint density at radius 3 is 2.24 bits per heavy atom. The van der Waals surface area contributed by atoms with Crippen molar-refractivity contribution in [2.24, 2.45) is 0 Å². The molecule has 0 aliphatic heterocycles. The molecule has 0 N–H and O–H groups in total. The minimum Gasteiger partial charge on any atom is -0.248 e. The second-order valence-corrected chi connectivity index (χ2v) is 6.36. The minimum atomic E-state index is 0.994. The van der Waals surface area contributed by atoms with Crippen molar-refractivity contribution in [1.29, 1.82) is 0 Å². The maximum absolute atomic E-state index is 4.84. The van der Waals surface area contributed by atoms with Crippen LogP contribution in [0.1, 0.15) is 0 Å². The number of hydrogen-bond donors (Lipinski definition) is 0. The fourth-order valence-electron chi connectivity index (χ4n) is 2.19. The second-order valence-electron chi connectivity index (χ2n) is 4.62. The summed E-state index contributed by atoms with van der Waals surface area (Å²) in [5, 5.41) is 0. The molecular weight excluding hydrogens is 342 g/mol. The van der Waals surface area contributed by atoms with Gasteiger partial charge in [0.1, 0.15) is 0 Å². The molecule has 0 fully saturated rings. The summed E-state index contributed by atoms with van der Waals surface area (Å²) >= 11 is 5.35. The van der Waals surface area contributed by atoms with Crippen molar-refractivity contribution in [3.05, 3.63) is 71.2 Å². The van der Waals surface area contributed by atoms with E-state index in [2.05, 4.69) is 52.5 Å². The van der Waals surface area contributed by atoms with Gasteiger partial charge in [-0.1, -0.05) is 64.5 Å². The third-order valence-corrected chi connectivity index (χ3v) is 4.65. The van der Waals surface area contributed by atoms with Crippen LogP contribution >= 0.6 is 27.7 Å². The molecule has 2 aromatic carbocycles. The zero-order valence-corrected chi connectivity index (χ0v) is 14.0. The molecule has 0 aliphatic rings. The minimum absolute atomic E-state index is 0.994. The lowest BCUT2D eigenvalue weighted by Crippen LogP contribution is -1.90. The Hall–Kier alpha value is -1.58. The van der Waals surface area contributed by atoms with Crippen LogP contribution in [0.25, 0.3) is 22.5 Å². The highest BCUT2D eigenvalue weighted by atomic mass is 79.9. The van der Waals surface area contributed by atoms with E-state index in [-0.39, 0.29) is 0 Å². The fraction of sp³-hybridized carbons (Fsp3) is 0.0556. The topological polar surface area (TPSA) is 12.9 Å². The Bertz CT molecular complexity index is 756. The van der Waals surface area contributed by atoms with Crippen LogP contribution in [0, 0.1) is 0 Å². The van der Waals surface area contributed by atoms with Gasteiger partial charge in [0.15, 0.2) is 0 Å². The predicted octanol–water partition coefficient (Wildman–Crippen LogP) is 5.90. The highest BCUT2D eigenvalue weighted by molar-refractivity contribution is 9.10. The van der Waals surface area contributed by atoms with Gasteiger partial charge in [0.05, 0.1) is 11.4 Å². The zero-order valence-electron chi connectivity index (χ0n) is 11.6. The van der Waals surface area contributed by atoms with E-state index in [1.807, 2.05) is 36.4 Å². The quantitative estimate of drug-likeness (QED) is 0.542. The van der Waals surface area contributed by atoms with Gasteiger partial charge < -0.3 is 0 Å². The maximum Gasteiger partial charge on any atom is 0.0732 e. The van der Waals surface area contributed by atoms with Crippen LogP contribution < -0.4 is 0 Å². The first kappa shape index (κ1) is 14.4. The molecule has 0 amide bonds. The predicted molar refractivity (Wildman–Crippen MR) is 94.6 cm³/mol. The van der Waals surface area contributed by atoms with Gasteiger partial charge in [0.2, 0.25) is 0 Å². The van der Waals surface area contributed by atoms with E-state index in [9.17, 15) is 0 Å². The van der Waals surface area contributed by atoms with Crippen molar-refractivity contribution < 1.29 is 0 Å². The standard InChI is InChI=1S/C18H14BrNS/c1-21-14-11-17(13-7-3-2-4-8-13)20-18(12-14)15-9-5-6-10-16(15)19/h2-12H,1H3. The summed E-state index contributed by atoms with van der Waals surface area (Å²) in [5.41, 5.74) is 4.26. The Balaban J connectivity index is 2.17.